The quantitative estimate of drug-likeness (QED) is 0.0468. The number of allylic oxidation sites excluding steroid dienone is 1. The minimum Gasteiger partial charge on any atom is -0.459 e. The van der Waals surface area contributed by atoms with Gasteiger partial charge in [-0.15, -0.1) is 24.9 Å². The highest BCUT2D eigenvalue weighted by Gasteiger charge is 2.65. The molecule has 3 aromatic carbocycles. The highest BCUT2D eigenvalue weighted by Crippen LogP contribution is 2.62. The smallest absolute Gasteiger partial charge is 0.410 e. The van der Waals surface area contributed by atoms with Gasteiger partial charge in [0.25, 0.3) is 0 Å². The minimum atomic E-state index is -1.48. The van der Waals surface area contributed by atoms with Crippen molar-refractivity contribution in [3.8, 4) is 17.2 Å². The molecular weight excluding hydrogens is 772 g/mol. The van der Waals surface area contributed by atoms with E-state index in [9.17, 15) is 19.4 Å². The highest BCUT2D eigenvalue weighted by molar-refractivity contribution is 7.98. The number of amides is 1. The summed E-state index contributed by atoms with van der Waals surface area (Å²) in [5.41, 5.74) is 3.19. The summed E-state index contributed by atoms with van der Waals surface area (Å²) in [4.78, 5) is 22.8. The van der Waals surface area contributed by atoms with Crippen molar-refractivity contribution < 1.29 is 43.2 Å². The predicted molar refractivity (Wildman–Crippen MR) is 228 cm³/mol. The molecule has 1 fully saturated rings. The Morgan fingerprint density at radius 3 is 2.41 bits per heavy atom. The molecule has 1 amide bonds. The third-order valence-electron chi connectivity index (χ3n) is 11.6. The first kappa shape index (κ1) is 43.9. The van der Waals surface area contributed by atoms with Crippen LogP contribution in [0.1, 0.15) is 68.4 Å². The SMILES string of the molecule is C=CCCOC(=O)N(Cc1ccc(F)cc1)[C@H]1CC(=NOC)C2=C[C@H](CCCCO)[C@@H](CCCCO)[C@@H]3c4cc(Oc5ccc(SC)cc5)ccc4O[C@@]1(OCC=C)[C@H]23. The number of carbonyl (C=O) groups is 1. The van der Waals surface area contributed by atoms with Gasteiger partial charge in [0, 0.05) is 42.6 Å². The normalized spacial score (nSPS) is 23.6. The van der Waals surface area contributed by atoms with Crippen molar-refractivity contribution in [3.05, 3.63) is 121 Å². The molecule has 1 aliphatic heterocycles. The predicted octanol–water partition coefficient (Wildman–Crippen LogP) is 9.82. The second-order valence-corrected chi connectivity index (χ2v) is 16.1. The largest absolute Gasteiger partial charge is 0.459 e. The number of carbonyl (C=O) groups excluding carboxylic acids is 1. The van der Waals surface area contributed by atoms with Gasteiger partial charge in [-0.25, -0.2) is 9.18 Å². The molecule has 6 atom stereocenters. The third-order valence-corrected chi connectivity index (χ3v) is 12.3. The van der Waals surface area contributed by atoms with Gasteiger partial charge in [-0.3, -0.25) is 4.90 Å². The molecule has 316 valence electrons. The van der Waals surface area contributed by atoms with E-state index in [0.717, 1.165) is 41.7 Å². The average molecular weight is 829 g/mol. The van der Waals surface area contributed by atoms with Crippen LogP contribution >= 0.6 is 11.8 Å². The van der Waals surface area contributed by atoms with Crippen LogP contribution in [0.5, 0.6) is 17.2 Å². The van der Waals surface area contributed by atoms with Gasteiger partial charge >= 0.3 is 6.09 Å². The second-order valence-electron chi connectivity index (χ2n) is 15.2. The molecule has 2 N–H and O–H groups in total. The number of ether oxygens (including phenoxy) is 4. The highest BCUT2D eigenvalue weighted by atomic mass is 32.2. The van der Waals surface area contributed by atoms with Gasteiger partial charge in [-0.2, -0.15) is 0 Å². The molecule has 6 rings (SSSR count). The van der Waals surface area contributed by atoms with E-state index in [1.165, 1.54) is 19.2 Å². The van der Waals surface area contributed by atoms with Crippen LogP contribution in [0, 0.1) is 23.6 Å². The maximum absolute atomic E-state index is 14.4. The lowest BCUT2D eigenvalue weighted by Crippen LogP contribution is -2.70. The molecule has 0 bridgehead atoms. The number of fused-ring (bicyclic) bond motifs is 2. The fraction of sp³-hybridized carbons (Fsp3) is 0.447. The van der Waals surface area contributed by atoms with Crippen LogP contribution in [-0.4, -0.2) is 78.5 Å². The van der Waals surface area contributed by atoms with E-state index >= 15 is 0 Å². The molecule has 2 aliphatic carbocycles. The van der Waals surface area contributed by atoms with Gasteiger partial charge in [0.05, 0.1) is 24.8 Å². The molecule has 0 saturated heterocycles. The Balaban J connectivity index is 1.57. The number of oxime groups is 1. The van der Waals surface area contributed by atoms with Crippen LogP contribution in [0.4, 0.5) is 9.18 Å². The number of halogens is 1. The summed E-state index contributed by atoms with van der Waals surface area (Å²) in [6.45, 7) is 8.25. The number of rotatable bonds is 21. The molecule has 59 heavy (non-hydrogen) atoms. The van der Waals surface area contributed by atoms with Crippen LogP contribution < -0.4 is 9.47 Å². The van der Waals surface area contributed by atoms with Gasteiger partial charge < -0.3 is 34.0 Å². The zero-order valence-electron chi connectivity index (χ0n) is 34.1. The number of hydrogen-bond donors (Lipinski definition) is 2. The fourth-order valence-corrected chi connectivity index (χ4v) is 9.41. The zero-order chi connectivity index (χ0) is 41.8. The van der Waals surface area contributed by atoms with Crippen molar-refractivity contribution in [2.45, 2.75) is 80.6 Å². The van der Waals surface area contributed by atoms with Crippen LogP contribution in [0.15, 0.2) is 114 Å². The molecule has 0 aromatic heterocycles. The number of hydrogen-bond acceptors (Lipinski definition) is 10. The topological polar surface area (TPSA) is 119 Å². The van der Waals surface area contributed by atoms with Crippen molar-refractivity contribution in [2.24, 2.45) is 22.9 Å². The Hall–Kier alpha value is -4.62. The molecule has 0 unspecified atom stereocenters. The molecular formula is C47H57FN2O8S. The molecule has 3 aliphatic rings. The maximum atomic E-state index is 14.4. The summed E-state index contributed by atoms with van der Waals surface area (Å²) in [7, 11) is 1.51. The molecule has 0 radical (unpaired) electrons. The van der Waals surface area contributed by atoms with Crippen molar-refractivity contribution in [1.82, 2.24) is 4.90 Å². The Morgan fingerprint density at radius 1 is 1.00 bits per heavy atom. The van der Waals surface area contributed by atoms with Crippen LogP contribution in [0.3, 0.4) is 0 Å². The average Bonchev–Trinajstić information content (AvgIpc) is 3.25. The van der Waals surface area contributed by atoms with E-state index < -0.39 is 23.8 Å². The van der Waals surface area contributed by atoms with Crippen LogP contribution in [0.2, 0.25) is 0 Å². The van der Waals surface area contributed by atoms with Gasteiger partial charge in [-0.05, 0) is 116 Å². The van der Waals surface area contributed by atoms with E-state index in [-0.39, 0.29) is 63.0 Å². The van der Waals surface area contributed by atoms with E-state index in [0.29, 0.717) is 47.8 Å². The summed E-state index contributed by atoms with van der Waals surface area (Å²) in [5, 5.41) is 24.4. The van der Waals surface area contributed by atoms with E-state index in [1.807, 2.05) is 42.7 Å². The monoisotopic (exact) mass is 828 g/mol. The van der Waals surface area contributed by atoms with E-state index in [4.69, 9.17) is 23.8 Å². The van der Waals surface area contributed by atoms with Gasteiger partial charge in [0.15, 0.2) is 0 Å². The van der Waals surface area contributed by atoms with Crippen molar-refractivity contribution >= 4 is 23.6 Å². The number of unbranched alkanes of at least 4 members (excludes halogenated alkanes) is 2. The summed E-state index contributed by atoms with van der Waals surface area (Å²) in [5.74, 6) is -0.569. The molecule has 12 heteroatoms. The van der Waals surface area contributed by atoms with E-state index in [1.54, 1.807) is 40.9 Å². The zero-order valence-corrected chi connectivity index (χ0v) is 34.9. The third kappa shape index (κ3) is 10.1. The van der Waals surface area contributed by atoms with Gasteiger partial charge in [0.1, 0.15) is 36.2 Å². The van der Waals surface area contributed by atoms with Crippen molar-refractivity contribution in [3.63, 3.8) is 0 Å². The maximum Gasteiger partial charge on any atom is 0.410 e. The van der Waals surface area contributed by atoms with Crippen LogP contribution in [0.25, 0.3) is 0 Å². The lowest BCUT2D eigenvalue weighted by Gasteiger charge is -2.59. The molecule has 10 nitrogen and oxygen atoms in total. The Kier molecular flexibility index (Phi) is 15.7. The lowest BCUT2D eigenvalue weighted by atomic mass is 9.55. The first-order chi connectivity index (χ1) is 28.8. The molecule has 1 heterocycles. The summed E-state index contributed by atoms with van der Waals surface area (Å²) in [6.07, 6.45) is 12.3. The number of aliphatic hydroxyl groups excluding tert-OH is 2. The number of benzene rings is 3. The van der Waals surface area contributed by atoms with Gasteiger partial charge in [-0.1, -0.05) is 48.4 Å². The van der Waals surface area contributed by atoms with E-state index in [2.05, 4.69) is 30.5 Å². The Morgan fingerprint density at radius 2 is 1.73 bits per heavy atom. The Labute approximate surface area is 351 Å². The molecule has 3 aromatic rings. The number of aliphatic hydroxyl groups is 2. The van der Waals surface area contributed by atoms with Gasteiger partial charge in [0.2, 0.25) is 5.79 Å². The first-order valence-electron chi connectivity index (χ1n) is 20.5. The van der Waals surface area contributed by atoms with Crippen molar-refractivity contribution in [2.75, 3.05) is 39.8 Å². The number of thioether (sulfide) groups is 1. The number of nitrogens with zero attached hydrogens (tertiary/aromatic N) is 2. The minimum absolute atomic E-state index is 0.0343. The standard InChI is InChI=1S/C47H57FN2O8S/c1-5-7-27-55-46(53)50(31-32-14-16-34(48)17-15-32)43-30-41(49-54-3)39-28-33(12-8-10-24-51)38(13-9-11-25-52)44-40-29-36(57-35-18-21-37(59-4)22-19-35)20-23-42(40)58-47(43,45(39)44)56-26-6-2/h5-6,14-23,28-29,33,38,43-45,51-52H,1-2,7-13,24-27,30-31H2,3-4H3/t33-,38+,43-,44+,45+,47+/m0/s1. The fourth-order valence-electron chi connectivity index (χ4n) is 9.00. The lowest BCUT2D eigenvalue weighted by molar-refractivity contribution is -0.256. The summed E-state index contributed by atoms with van der Waals surface area (Å²) < 4.78 is 40.9. The second kappa shape index (κ2) is 21.1. The molecule has 1 saturated carbocycles. The van der Waals surface area contributed by atoms with Crippen molar-refractivity contribution in [1.29, 1.82) is 0 Å². The van der Waals surface area contributed by atoms with Crippen LogP contribution in [-0.2, 0) is 20.9 Å². The summed E-state index contributed by atoms with van der Waals surface area (Å²) >= 11 is 1.66. The molecule has 0 spiro atoms. The first-order valence-corrected chi connectivity index (χ1v) is 21.7. The Bertz CT molecular complexity index is 1940. The summed E-state index contributed by atoms with van der Waals surface area (Å²) in [6, 6.07) is 19.1.